The van der Waals surface area contributed by atoms with Crippen molar-refractivity contribution in [2.45, 2.75) is 122 Å². The minimum absolute atomic E-state index is 0.407. The first kappa shape index (κ1) is 24.9. The lowest BCUT2D eigenvalue weighted by molar-refractivity contribution is 0.0881. The third-order valence-corrected chi connectivity index (χ3v) is 5.71. The Bertz CT molecular complexity index is 368. The van der Waals surface area contributed by atoms with E-state index in [1.807, 2.05) is 0 Å². The number of ether oxygens (including phenoxy) is 1. The third-order valence-electron chi connectivity index (χ3n) is 4.68. The largest absolute Gasteiger partial charge is 0.360 e. The molecular formula is C20H42O4S. The Morgan fingerprint density at radius 1 is 0.680 bits per heavy atom. The zero-order chi connectivity index (χ0) is 18.8. The summed E-state index contributed by atoms with van der Waals surface area (Å²) in [7, 11) is -4.10. The van der Waals surface area contributed by atoms with E-state index in [0.717, 1.165) is 32.1 Å². The molecule has 1 atom stereocenters. The molecule has 0 aliphatic heterocycles. The van der Waals surface area contributed by atoms with E-state index in [4.69, 9.17) is 4.74 Å². The summed E-state index contributed by atoms with van der Waals surface area (Å²) >= 11 is 0. The number of unbranched alkanes of at least 4 members (excludes halogenated alkanes) is 13. The van der Waals surface area contributed by atoms with Gasteiger partial charge in [0.2, 0.25) is 0 Å². The fourth-order valence-electron chi connectivity index (χ4n) is 3.04. The van der Waals surface area contributed by atoms with Crippen molar-refractivity contribution in [3.63, 3.8) is 0 Å². The Morgan fingerprint density at radius 3 is 1.52 bits per heavy atom. The molecule has 0 saturated heterocycles. The van der Waals surface area contributed by atoms with Gasteiger partial charge in [-0.1, -0.05) is 97.3 Å². The molecule has 0 amide bonds. The first-order valence-electron chi connectivity index (χ1n) is 10.6. The number of rotatable bonds is 19. The molecular weight excluding hydrogens is 336 g/mol. The van der Waals surface area contributed by atoms with Crippen molar-refractivity contribution < 1.29 is 17.7 Å². The number of hydrogen-bond acceptors (Lipinski definition) is 3. The summed E-state index contributed by atoms with van der Waals surface area (Å²) in [6.45, 7) is 4.83. The first-order chi connectivity index (χ1) is 12.0. The monoisotopic (exact) mass is 378 g/mol. The highest BCUT2D eigenvalue weighted by Gasteiger charge is 2.22. The van der Waals surface area contributed by atoms with Gasteiger partial charge in [0.05, 0.1) is 0 Å². The molecule has 0 aromatic carbocycles. The van der Waals surface area contributed by atoms with E-state index in [1.54, 1.807) is 0 Å². The van der Waals surface area contributed by atoms with Crippen LogP contribution in [0.4, 0.5) is 0 Å². The van der Waals surface area contributed by atoms with Gasteiger partial charge in [-0.25, -0.2) is 0 Å². The lowest BCUT2D eigenvalue weighted by Crippen LogP contribution is -2.24. The molecule has 0 radical (unpaired) electrons. The molecule has 0 aromatic heterocycles. The molecule has 0 aliphatic rings. The third kappa shape index (κ3) is 17.1. The lowest BCUT2D eigenvalue weighted by Gasteiger charge is -2.15. The van der Waals surface area contributed by atoms with E-state index in [9.17, 15) is 13.0 Å². The average molecular weight is 379 g/mol. The van der Waals surface area contributed by atoms with Crippen molar-refractivity contribution in [1.82, 2.24) is 0 Å². The predicted molar refractivity (Wildman–Crippen MR) is 107 cm³/mol. The van der Waals surface area contributed by atoms with Crippen molar-refractivity contribution in [2.24, 2.45) is 0 Å². The molecule has 5 heteroatoms. The fourth-order valence-corrected chi connectivity index (χ4v) is 3.77. The Hall–Kier alpha value is -0.130. The average Bonchev–Trinajstić information content (AvgIpc) is 2.56. The maximum atomic E-state index is 11.4. The Balaban J connectivity index is 3.69. The molecule has 1 N–H and O–H groups in total. The topological polar surface area (TPSA) is 63.6 Å². The zero-order valence-electron chi connectivity index (χ0n) is 16.7. The summed E-state index contributed by atoms with van der Waals surface area (Å²) in [5, 5.41) is 0. The van der Waals surface area contributed by atoms with Gasteiger partial charge < -0.3 is 4.74 Å². The van der Waals surface area contributed by atoms with Crippen LogP contribution in [-0.2, 0) is 14.9 Å². The minimum Gasteiger partial charge on any atom is -0.360 e. The molecule has 0 bridgehead atoms. The highest BCUT2D eigenvalue weighted by Crippen LogP contribution is 2.16. The smallest absolute Gasteiger partial charge is 0.292 e. The van der Waals surface area contributed by atoms with E-state index in [1.165, 1.54) is 64.2 Å². The Kier molecular flexibility index (Phi) is 17.2. The van der Waals surface area contributed by atoms with Crippen LogP contribution in [0, 0.1) is 0 Å². The van der Waals surface area contributed by atoms with Crippen molar-refractivity contribution in [3.8, 4) is 0 Å². The van der Waals surface area contributed by atoms with Gasteiger partial charge in [-0.2, -0.15) is 8.42 Å². The van der Waals surface area contributed by atoms with Gasteiger partial charge >= 0.3 is 0 Å². The maximum absolute atomic E-state index is 11.4. The normalized spacial score (nSPS) is 13.2. The summed E-state index contributed by atoms with van der Waals surface area (Å²) in [5.41, 5.74) is -1.03. The molecule has 0 heterocycles. The molecule has 0 aliphatic carbocycles. The molecule has 152 valence electrons. The maximum Gasteiger partial charge on any atom is 0.292 e. The summed E-state index contributed by atoms with van der Waals surface area (Å²) in [6, 6.07) is 0. The predicted octanol–water partition coefficient (Wildman–Crippen LogP) is 6.50. The summed E-state index contributed by atoms with van der Waals surface area (Å²) in [6.07, 6.45) is 17.9. The van der Waals surface area contributed by atoms with Crippen LogP contribution in [0.1, 0.15) is 117 Å². The molecule has 4 nitrogen and oxygen atoms in total. The summed E-state index contributed by atoms with van der Waals surface area (Å²) in [4.78, 5) is 0. The van der Waals surface area contributed by atoms with E-state index < -0.39 is 15.6 Å². The molecule has 0 fully saturated rings. The van der Waals surface area contributed by atoms with Gasteiger partial charge in [-0.15, -0.1) is 0 Å². The standard InChI is InChI=1S/C20H42O4S/c1-3-5-7-9-11-12-13-14-16-18-20(25(21,22)23)24-19-17-15-10-8-6-4-2/h20H,3-19H2,1-2H3,(H,21,22,23). The molecule has 0 spiro atoms. The number of hydrogen-bond donors (Lipinski definition) is 1. The van der Waals surface area contributed by atoms with E-state index in [-0.39, 0.29) is 0 Å². The van der Waals surface area contributed by atoms with Crippen LogP contribution in [0.2, 0.25) is 0 Å². The van der Waals surface area contributed by atoms with Crippen LogP contribution in [0.3, 0.4) is 0 Å². The highest BCUT2D eigenvalue weighted by atomic mass is 32.2. The SMILES string of the molecule is CCCCCCCCCCCC(OCCCCCCCC)S(=O)(=O)O. The second-order valence-electron chi connectivity index (χ2n) is 7.20. The van der Waals surface area contributed by atoms with Crippen LogP contribution in [-0.4, -0.2) is 25.0 Å². The lowest BCUT2D eigenvalue weighted by atomic mass is 10.1. The van der Waals surface area contributed by atoms with Crippen molar-refractivity contribution >= 4 is 10.1 Å². The highest BCUT2D eigenvalue weighted by molar-refractivity contribution is 7.86. The van der Waals surface area contributed by atoms with E-state index >= 15 is 0 Å². The van der Waals surface area contributed by atoms with Crippen molar-refractivity contribution in [2.75, 3.05) is 6.61 Å². The van der Waals surface area contributed by atoms with Crippen LogP contribution in [0.25, 0.3) is 0 Å². The summed E-state index contributed by atoms with van der Waals surface area (Å²) < 4.78 is 37.6. The molecule has 0 saturated carbocycles. The Labute approximate surface area is 156 Å². The first-order valence-corrected chi connectivity index (χ1v) is 12.1. The quantitative estimate of drug-likeness (QED) is 0.206. The van der Waals surface area contributed by atoms with Crippen LogP contribution < -0.4 is 0 Å². The minimum atomic E-state index is -4.10. The van der Waals surface area contributed by atoms with Gasteiger partial charge in [-0.3, -0.25) is 4.55 Å². The van der Waals surface area contributed by atoms with Gasteiger partial charge in [0.15, 0.2) is 5.44 Å². The molecule has 25 heavy (non-hydrogen) atoms. The van der Waals surface area contributed by atoms with Crippen LogP contribution in [0.15, 0.2) is 0 Å². The molecule has 0 aromatic rings. The van der Waals surface area contributed by atoms with Gasteiger partial charge in [0.25, 0.3) is 10.1 Å². The van der Waals surface area contributed by atoms with Gasteiger partial charge in [0, 0.05) is 6.61 Å². The van der Waals surface area contributed by atoms with E-state index in [2.05, 4.69) is 13.8 Å². The van der Waals surface area contributed by atoms with Gasteiger partial charge in [-0.05, 0) is 19.3 Å². The second-order valence-corrected chi connectivity index (χ2v) is 8.76. The molecule has 0 rings (SSSR count). The van der Waals surface area contributed by atoms with Crippen LogP contribution in [0.5, 0.6) is 0 Å². The second kappa shape index (κ2) is 17.3. The van der Waals surface area contributed by atoms with E-state index in [0.29, 0.717) is 13.0 Å². The Morgan fingerprint density at radius 2 is 1.08 bits per heavy atom. The van der Waals surface area contributed by atoms with Crippen molar-refractivity contribution in [3.05, 3.63) is 0 Å². The molecule has 1 unspecified atom stereocenters. The van der Waals surface area contributed by atoms with Gasteiger partial charge in [0.1, 0.15) is 0 Å². The van der Waals surface area contributed by atoms with Crippen LogP contribution >= 0.6 is 0 Å². The summed E-state index contributed by atoms with van der Waals surface area (Å²) in [5.74, 6) is 0. The fraction of sp³-hybridized carbons (Fsp3) is 1.00. The van der Waals surface area contributed by atoms with Crippen molar-refractivity contribution in [1.29, 1.82) is 0 Å². The zero-order valence-corrected chi connectivity index (χ0v) is 17.5.